The smallest absolute Gasteiger partial charge is 0.249 e. The molecular formula is C18H14BrN5O. The lowest BCUT2D eigenvalue weighted by Gasteiger charge is -2.23. The van der Waals surface area contributed by atoms with Crippen molar-refractivity contribution in [3.63, 3.8) is 0 Å². The Morgan fingerprint density at radius 3 is 3.04 bits per heavy atom. The van der Waals surface area contributed by atoms with Gasteiger partial charge in [-0.25, -0.2) is 4.98 Å². The molecule has 7 heteroatoms. The molecule has 0 radical (unpaired) electrons. The number of pyridine rings is 1. The van der Waals surface area contributed by atoms with Crippen molar-refractivity contribution in [3.8, 4) is 17.5 Å². The second-order valence-electron chi connectivity index (χ2n) is 5.80. The van der Waals surface area contributed by atoms with Gasteiger partial charge in [0.05, 0.1) is 5.56 Å². The van der Waals surface area contributed by atoms with Gasteiger partial charge >= 0.3 is 0 Å². The van der Waals surface area contributed by atoms with E-state index in [0.29, 0.717) is 23.1 Å². The lowest BCUT2D eigenvalue weighted by Crippen LogP contribution is -2.24. The predicted octanol–water partition coefficient (Wildman–Crippen LogP) is 4.11. The maximum Gasteiger partial charge on any atom is 0.249 e. The fraction of sp³-hybridized carbons (Fsp3) is 0.222. The molecule has 25 heavy (non-hydrogen) atoms. The van der Waals surface area contributed by atoms with E-state index in [1.54, 1.807) is 18.3 Å². The summed E-state index contributed by atoms with van der Waals surface area (Å²) in [7, 11) is 0. The van der Waals surface area contributed by atoms with Crippen molar-refractivity contribution >= 4 is 21.7 Å². The number of nitriles is 1. The molecule has 0 bridgehead atoms. The van der Waals surface area contributed by atoms with Gasteiger partial charge in [-0.15, -0.1) is 0 Å². The molecule has 1 atom stereocenters. The van der Waals surface area contributed by atoms with Crippen molar-refractivity contribution in [3.05, 3.63) is 58.5 Å². The molecule has 6 nitrogen and oxygen atoms in total. The number of hydrogen-bond donors (Lipinski definition) is 0. The summed E-state index contributed by atoms with van der Waals surface area (Å²) in [4.78, 5) is 11.1. The zero-order chi connectivity index (χ0) is 17.2. The Labute approximate surface area is 153 Å². The van der Waals surface area contributed by atoms with Gasteiger partial charge in [-0.1, -0.05) is 33.2 Å². The maximum absolute atomic E-state index is 9.34. The fourth-order valence-corrected chi connectivity index (χ4v) is 3.50. The molecule has 0 aliphatic carbocycles. The van der Waals surface area contributed by atoms with Crippen LogP contribution in [0.2, 0.25) is 0 Å². The van der Waals surface area contributed by atoms with E-state index in [9.17, 15) is 5.26 Å². The van der Waals surface area contributed by atoms with Gasteiger partial charge in [-0.3, -0.25) is 0 Å². The van der Waals surface area contributed by atoms with E-state index in [-0.39, 0.29) is 6.04 Å². The molecular weight excluding hydrogens is 382 g/mol. The second kappa shape index (κ2) is 6.65. The first-order chi connectivity index (χ1) is 12.3. The van der Waals surface area contributed by atoms with Crippen molar-refractivity contribution in [2.24, 2.45) is 0 Å². The average Bonchev–Trinajstić information content (AvgIpc) is 3.30. The van der Waals surface area contributed by atoms with Gasteiger partial charge in [-0.05, 0) is 37.1 Å². The van der Waals surface area contributed by atoms with E-state index in [1.165, 1.54) is 0 Å². The molecule has 1 aromatic carbocycles. The SMILES string of the molecule is N#Cc1cccnc1N1CCCC1c1nc(-c2cccc(Br)c2)no1. The number of anilines is 1. The predicted molar refractivity (Wildman–Crippen MR) is 95.7 cm³/mol. The summed E-state index contributed by atoms with van der Waals surface area (Å²) >= 11 is 3.46. The van der Waals surface area contributed by atoms with Gasteiger partial charge in [0.15, 0.2) is 0 Å². The number of halogens is 1. The standard InChI is InChI=1S/C18H14BrN5O/c19-14-6-1-4-12(10-14)16-22-18(25-23-16)15-7-3-9-24(15)17-13(11-20)5-2-8-21-17/h1-2,4-6,8,10,15H,3,7,9H2. The third-order valence-corrected chi connectivity index (χ3v) is 4.73. The Morgan fingerprint density at radius 2 is 2.20 bits per heavy atom. The highest BCUT2D eigenvalue weighted by Gasteiger charge is 2.33. The molecule has 124 valence electrons. The van der Waals surface area contributed by atoms with Gasteiger partial charge < -0.3 is 9.42 Å². The summed E-state index contributed by atoms with van der Waals surface area (Å²) < 4.78 is 6.50. The van der Waals surface area contributed by atoms with Crippen LogP contribution in [-0.2, 0) is 0 Å². The van der Waals surface area contributed by atoms with E-state index in [4.69, 9.17) is 4.52 Å². The fourth-order valence-electron chi connectivity index (χ4n) is 3.11. The molecule has 1 aliphatic heterocycles. The van der Waals surface area contributed by atoms with Crippen LogP contribution in [0, 0.1) is 11.3 Å². The first-order valence-electron chi connectivity index (χ1n) is 7.97. The first-order valence-corrected chi connectivity index (χ1v) is 8.77. The van der Waals surface area contributed by atoms with Crippen LogP contribution in [0.3, 0.4) is 0 Å². The first kappa shape index (κ1) is 15.8. The van der Waals surface area contributed by atoms with E-state index in [1.807, 2.05) is 24.3 Å². The zero-order valence-electron chi connectivity index (χ0n) is 13.3. The molecule has 2 aromatic heterocycles. The molecule has 3 aromatic rings. The molecule has 0 amide bonds. The highest BCUT2D eigenvalue weighted by atomic mass is 79.9. The summed E-state index contributed by atoms with van der Waals surface area (Å²) in [5.74, 6) is 1.79. The molecule has 0 N–H and O–H groups in total. The second-order valence-corrected chi connectivity index (χ2v) is 6.72. The van der Waals surface area contributed by atoms with Gasteiger partial charge in [-0.2, -0.15) is 10.2 Å². The van der Waals surface area contributed by atoms with E-state index < -0.39 is 0 Å². The molecule has 1 unspecified atom stereocenters. The van der Waals surface area contributed by atoms with Gasteiger partial charge in [0.25, 0.3) is 0 Å². The summed E-state index contributed by atoms with van der Waals surface area (Å²) in [6.45, 7) is 0.810. The Bertz CT molecular complexity index is 948. The molecule has 4 rings (SSSR count). The number of aromatic nitrogens is 3. The topological polar surface area (TPSA) is 78.8 Å². The normalized spacial score (nSPS) is 16.8. The highest BCUT2D eigenvalue weighted by Crippen LogP contribution is 2.36. The summed E-state index contributed by atoms with van der Waals surface area (Å²) in [5, 5.41) is 13.5. The molecule has 1 saturated heterocycles. The van der Waals surface area contributed by atoms with Crippen molar-refractivity contribution in [1.82, 2.24) is 15.1 Å². The number of rotatable bonds is 3. The van der Waals surface area contributed by atoms with E-state index >= 15 is 0 Å². The van der Waals surface area contributed by atoms with Crippen LogP contribution in [0.4, 0.5) is 5.82 Å². The van der Waals surface area contributed by atoms with Crippen LogP contribution >= 0.6 is 15.9 Å². The number of benzene rings is 1. The summed E-state index contributed by atoms with van der Waals surface area (Å²) in [5.41, 5.74) is 1.45. The third kappa shape index (κ3) is 3.01. The van der Waals surface area contributed by atoms with Crippen LogP contribution in [-0.4, -0.2) is 21.7 Å². The van der Waals surface area contributed by atoms with Crippen molar-refractivity contribution < 1.29 is 4.52 Å². The highest BCUT2D eigenvalue weighted by molar-refractivity contribution is 9.10. The number of nitrogens with zero attached hydrogens (tertiary/aromatic N) is 5. The molecule has 0 saturated carbocycles. The summed E-state index contributed by atoms with van der Waals surface area (Å²) in [6, 6.07) is 13.5. The summed E-state index contributed by atoms with van der Waals surface area (Å²) in [6.07, 6.45) is 3.58. The zero-order valence-corrected chi connectivity index (χ0v) is 14.8. The Hall–Kier alpha value is -2.72. The number of hydrogen-bond acceptors (Lipinski definition) is 6. The molecule has 0 spiro atoms. The van der Waals surface area contributed by atoms with Crippen LogP contribution in [0.15, 0.2) is 51.6 Å². The quantitative estimate of drug-likeness (QED) is 0.663. The lowest BCUT2D eigenvalue weighted by atomic mass is 10.2. The van der Waals surface area contributed by atoms with Gasteiger partial charge in [0.1, 0.15) is 17.9 Å². The van der Waals surface area contributed by atoms with Crippen molar-refractivity contribution in [2.75, 3.05) is 11.4 Å². The van der Waals surface area contributed by atoms with Crippen LogP contribution < -0.4 is 4.90 Å². The van der Waals surface area contributed by atoms with Crippen molar-refractivity contribution in [2.45, 2.75) is 18.9 Å². The molecule has 1 aliphatic rings. The van der Waals surface area contributed by atoms with Gasteiger partial charge in [0.2, 0.25) is 11.7 Å². The van der Waals surface area contributed by atoms with E-state index in [2.05, 4.69) is 42.0 Å². The van der Waals surface area contributed by atoms with Crippen LogP contribution in [0.1, 0.15) is 30.3 Å². The lowest BCUT2D eigenvalue weighted by molar-refractivity contribution is 0.354. The average molecular weight is 396 g/mol. The van der Waals surface area contributed by atoms with E-state index in [0.717, 1.165) is 29.4 Å². The largest absolute Gasteiger partial charge is 0.343 e. The minimum absolute atomic E-state index is 0.0598. The Morgan fingerprint density at radius 1 is 1.28 bits per heavy atom. The van der Waals surface area contributed by atoms with Crippen molar-refractivity contribution in [1.29, 1.82) is 5.26 Å². The molecule has 1 fully saturated rings. The third-order valence-electron chi connectivity index (χ3n) is 4.24. The van der Waals surface area contributed by atoms with Crippen LogP contribution in [0.25, 0.3) is 11.4 Å². The maximum atomic E-state index is 9.34. The minimum Gasteiger partial charge on any atom is -0.343 e. The van der Waals surface area contributed by atoms with Crippen LogP contribution in [0.5, 0.6) is 0 Å². The Balaban J connectivity index is 1.67. The Kier molecular flexibility index (Phi) is 4.20. The minimum atomic E-state index is -0.0598. The van der Waals surface area contributed by atoms with Gasteiger partial charge in [0, 0.05) is 22.8 Å². The monoisotopic (exact) mass is 395 g/mol. The molecule has 3 heterocycles.